The van der Waals surface area contributed by atoms with Crippen LogP contribution >= 0.6 is 11.3 Å². The van der Waals surface area contributed by atoms with E-state index in [-0.39, 0.29) is 23.4 Å². The standard InChI is InChI=1S/C42H47F3N4O3S/c1-5-6-7-8-9-24-52-34-20-14-29(15-21-34)31-26-46-38(47-27-31)30-12-10-28(11-13-30)25-35(49-40(51)36-22-23-37(53-36)41(2,3)4)39(50)48-33-18-16-32(17-19-33)42(43,44)45/h10-23,26-27,35,39,48,50H,5-9,24-25H2,1-4H3,(H,49,51)/t35-,39?/m0/s1. The number of ether oxygens (including phenoxy) is 1. The fraction of sp³-hybridized carbons (Fsp3) is 0.357. The van der Waals surface area contributed by atoms with Gasteiger partial charge in [0.25, 0.3) is 5.91 Å². The summed E-state index contributed by atoms with van der Waals surface area (Å²) < 4.78 is 45.2. The Morgan fingerprint density at radius 1 is 0.811 bits per heavy atom. The van der Waals surface area contributed by atoms with Gasteiger partial charge in [-0.1, -0.05) is 89.8 Å². The van der Waals surface area contributed by atoms with Gasteiger partial charge in [0, 0.05) is 34.1 Å². The zero-order chi connectivity index (χ0) is 38.0. The van der Waals surface area contributed by atoms with Crippen molar-refractivity contribution < 1.29 is 27.8 Å². The molecule has 0 aliphatic rings. The molecule has 5 aromatic rings. The monoisotopic (exact) mass is 744 g/mol. The molecule has 3 N–H and O–H groups in total. The summed E-state index contributed by atoms with van der Waals surface area (Å²) in [6, 6.07) is 22.7. The second-order valence-electron chi connectivity index (χ2n) is 14.1. The van der Waals surface area contributed by atoms with Crippen LogP contribution in [0.4, 0.5) is 18.9 Å². The molecule has 2 aromatic heterocycles. The molecule has 7 nitrogen and oxygen atoms in total. The number of carbonyl (C=O) groups is 1. The van der Waals surface area contributed by atoms with Crippen LogP contribution in [0.25, 0.3) is 22.5 Å². The van der Waals surface area contributed by atoms with Gasteiger partial charge in [-0.25, -0.2) is 9.97 Å². The lowest BCUT2D eigenvalue weighted by Gasteiger charge is -2.26. The molecule has 2 heterocycles. The van der Waals surface area contributed by atoms with Crippen molar-refractivity contribution in [1.82, 2.24) is 15.3 Å². The molecule has 0 saturated carbocycles. The number of aliphatic hydroxyl groups is 1. The van der Waals surface area contributed by atoms with Crippen LogP contribution in [0.1, 0.15) is 85.5 Å². The number of unbranched alkanes of at least 4 members (excludes halogenated alkanes) is 4. The van der Waals surface area contributed by atoms with E-state index in [2.05, 4.69) is 48.3 Å². The van der Waals surface area contributed by atoms with E-state index < -0.39 is 24.0 Å². The van der Waals surface area contributed by atoms with Crippen molar-refractivity contribution >= 4 is 22.9 Å². The first-order valence-corrected chi connectivity index (χ1v) is 18.8. The highest BCUT2D eigenvalue weighted by molar-refractivity contribution is 7.14. The number of aromatic nitrogens is 2. The molecule has 1 amide bonds. The molecule has 0 radical (unpaired) electrons. The Balaban J connectivity index is 1.25. The average Bonchev–Trinajstić information content (AvgIpc) is 3.65. The van der Waals surface area contributed by atoms with E-state index in [0.29, 0.717) is 17.3 Å². The van der Waals surface area contributed by atoms with Crippen LogP contribution in [-0.2, 0) is 18.0 Å². The number of hydrogen-bond donors (Lipinski definition) is 3. The number of nitrogens with zero attached hydrogens (tertiary/aromatic N) is 2. The molecular weight excluding hydrogens is 698 g/mol. The maximum Gasteiger partial charge on any atom is 0.416 e. The molecule has 11 heteroatoms. The van der Waals surface area contributed by atoms with E-state index in [4.69, 9.17) is 4.74 Å². The molecule has 5 rings (SSSR count). The Bertz CT molecular complexity index is 1890. The van der Waals surface area contributed by atoms with Crippen molar-refractivity contribution in [1.29, 1.82) is 0 Å². The van der Waals surface area contributed by atoms with Gasteiger partial charge in [0.15, 0.2) is 5.82 Å². The first kappa shape index (κ1) is 39.5. The molecule has 0 saturated heterocycles. The number of carbonyl (C=O) groups excluding carboxylic acids is 1. The summed E-state index contributed by atoms with van der Waals surface area (Å²) in [7, 11) is 0. The van der Waals surface area contributed by atoms with Gasteiger partial charge in [-0.15, -0.1) is 11.3 Å². The van der Waals surface area contributed by atoms with Crippen LogP contribution < -0.4 is 15.4 Å². The second kappa shape index (κ2) is 17.9. The fourth-order valence-electron chi connectivity index (χ4n) is 5.68. The average molecular weight is 745 g/mol. The summed E-state index contributed by atoms with van der Waals surface area (Å²) in [4.78, 5) is 24.1. The van der Waals surface area contributed by atoms with Gasteiger partial charge < -0.3 is 20.5 Å². The molecule has 0 bridgehead atoms. The van der Waals surface area contributed by atoms with Gasteiger partial charge in [0.1, 0.15) is 12.0 Å². The number of hydrogen-bond acceptors (Lipinski definition) is 7. The van der Waals surface area contributed by atoms with Gasteiger partial charge in [-0.05, 0) is 77.9 Å². The lowest BCUT2D eigenvalue weighted by atomic mass is 9.95. The minimum Gasteiger partial charge on any atom is -0.494 e. The van der Waals surface area contributed by atoms with Crippen LogP contribution in [0, 0.1) is 0 Å². The third kappa shape index (κ3) is 11.4. The first-order valence-electron chi connectivity index (χ1n) is 18.0. The fourth-order valence-corrected chi connectivity index (χ4v) is 6.65. The van der Waals surface area contributed by atoms with Crippen LogP contribution in [0.15, 0.2) is 97.3 Å². The van der Waals surface area contributed by atoms with Gasteiger partial charge >= 0.3 is 6.18 Å². The molecule has 53 heavy (non-hydrogen) atoms. The number of amides is 1. The molecule has 280 valence electrons. The number of aliphatic hydroxyl groups excluding tert-OH is 1. The lowest BCUT2D eigenvalue weighted by molar-refractivity contribution is -0.137. The Morgan fingerprint density at radius 3 is 2.06 bits per heavy atom. The second-order valence-corrected chi connectivity index (χ2v) is 15.2. The summed E-state index contributed by atoms with van der Waals surface area (Å²) in [5.41, 5.74) is 2.82. The molecule has 0 fully saturated rings. The summed E-state index contributed by atoms with van der Waals surface area (Å²) in [5, 5.41) is 17.0. The summed E-state index contributed by atoms with van der Waals surface area (Å²) in [6.07, 6.45) is 3.97. The van der Waals surface area contributed by atoms with Crippen molar-refractivity contribution in [2.24, 2.45) is 0 Å². The molecule has 2 atom stereocenters. The van der Waals surface area contributed by atoms with E-state index in [1.807, 2.05) is 54.6 Å². The first-order chi connectivity index (χ1) is 25.3. The van der Waals surface area contributed by atoms with Crippen molar-refractivity contribution in [3.05, 3.63) is 118 Å². The Hall–Kier alpha value is -4.74. The van der Waals surface area contributed by atoms with Crippen molar-refractivity contribution in [3.8, 4) is 28.3 Å². The highest BCUT2D eigenvalue weighted by Crippen LogP contribution is 2.31. The number of nitrogens with one attached hydrogen (secondary N) is 2. The smallest absolute Gasteiger partial charge is 0.416 e. The van der Waals surface area contributed by atoms with E-state index >= 15 is 0 Å². The van der Waals surface area contributed by atoms with Gasteiger partial charge in [0.2, 0.25) is 0 Å². The molecule has 0 spiro atoms. The van der Waals surface area contributed by atoms with Crippen molar-refractivity contribution in [2.75, 3.05) is 11.9 Å². The van der Waals surface area contributed by atoms with E-state index in [1.165, 1.54) is 49.2 Å². The minimum absolute atomic E-state index is 0.133. The molecular formula is C42H47F3N4O3S. The maximum atomic E-state index is 13.4. The Morgan fingerprint density at radius 2 is 1.45 bits per heavy atom. The predicted molar refractivity (Wildman–Crippen MR) is 206 cm³/mol. The summed E-state index contributed by atoms with van der Waals surface area (Å²) >= 11 is 1.38. The summed E-state index contributed by atoms with van der Waals surface area (Å²) in [6.45, 7) is 9.11. The number of alkyl halides is 3. The normalized spacial score (nSPS) is 13.0. The van der Waals surface area contributed by atoms with E-state index in [0.717, 1.165) is 51.4 Å². The molecule has 3 aromatic carbocycles. The van der Waals surface area contributed by atoms with E-state index in [1.54, 1.807) is 18.5 Å². The molecule has 0 aliphatic carbocycles. The third-order valence-electron chi connectivity index (χ3n) is 8.82. The van der Waals surface area contributed by atoms with Crippen LogP contribution in [-0.4, -0.2) is 39.9 Å². The predicted octanol–water partition coefficient (Wildman–Crippen LogP) is 10.3. The van der Waals surface area contributed by atoms with Gasteiger partial charge in [-0.3, -0.25) is 4.79 Å². The zero-order valence-corrected chi connectivity index (χ0v) is 31.4. The van der Waals surface area contributed by atoms with Gasteiger partial charge in [-0.2, -0.15) is 13.2 Å². The van der Waals surface area contributed by atoms with Crippen molar-refractivity contribution in [3.63, 3.8) is 0 Å². The van der Waals surface area contributed by atoms with Gasteiger partial charge in [0.05, 0.1) is 23.1 Å². The molecule has 0 aliphatic heterocycles. The molecule has 1 unspecified atom stereocenters. The Labute approximate surface area is 313 Å². The highest BCUT2D eigenvalue weighted by Gasteiger charge is 2.30. The third-order valence-corrected chi connectivity index (χ3v) is 10.3. The van der Waals surface area contributed by atoms with Crippen molar-refractivity contribution in [2.45, 2.75) is 90.1 Å². The summed E-state index contributed by atoms with van der Waals surface area (Å²) in [5.74, 6) is 1.03. The largest absolute Gasteiger partial charge is 0.494 e. The SMILES string of the molecule is CCCCCCCOc1ccc(-c2cnc(-c3ccc(C[C@H](NC(=O)c4ccc(C(C)(C)C)s4)C(O)Nc4ccc(C(F)(F)F)cc4)cc3)nc2)cc1. The number of anilines is 1. The van der Waals surface area contributed by atoms with Crippen LogP contribution in [0.2, 0.25) is 0 Å². The lowest BCUT2D eigenvalue weighted by Crippen LogP contribution is -2.48. The van der Waals surface area contributed by atoms with Crippen LogP contribution in [0.5, 0.6) is 5.75 Å². The maximum absolute atomic E-state index is 13.4. The van der Waals surface area contributed by atoms with E-state index in [9.17, 15) is 23.1 Å². The number of benzene rings is 3. The quantitative estimate of drug-likeness (QED) is 0.0688. The zero-order valence-electron chi connectivity index (χ0n) is 30.5. The minimum atomic E-state index is -4.48. The topological polar surface area (TPSA) is 96.4 Å². The Kier molecular flexibility index (Phi) is 13.3. The number of thiophene rings is 1. The number of halogens is 3. The van der Waals surface area contributed by atoms with Crippen LogP contribution in [0.3, 0.4) is 0 Å². The highest BCUT2D eigenvalue weighted by atomic mass is 32.1. The number of rotatable bonds is 16.